The summed E-state index contributed by atoms with van der Waals surface area (Å²) < 4.78 is 36.2. The maximum atomic E-state index is 13.1. The highest BCUT2D eigenvalue weighted by atomic mass is 19.2. The number of ether oxygens (including phenoxy) is 2. The van der Waals surface area contributed by atoms with E-state index in [1.807, 2.05) is 13.8 Å². The molecule has 0 amide bonds. The van der Waals surface area contributed by atoms with Crippen LogP contribution in [0.3, 0.4) is 0 Å². The van der Waals surface area contributed by atoms with E-state index in [-0.39, 0.29) is 12.1 Å². The van der Waals surface area contributed by atoms with Crippen LogP contribution in [0, 0.1) is 11.6 Å². The molecule has 0 saturated heterocycles. The van der Waals surface area contributed by atoms with Crippen LogP contribution in [0.1, 0.15) is 25.5 Å². The fraction of sp³-hybridized carbons (Fsp3) is 0.538. The van der Waals surface area contributed by atoms with Crippen molar-refractivity contribution in [3.05, 3.63) is 35.4 Å². The molecule has 3 nitrogen and oxygen atoms in total. The van der Waals surface area contributed by atoms with Crippen LogP contribution >= 0.6 is 0 Å². The standard InChI is InChI=1S/C13H19F2NO2/c1-8(16-9(2)13(17-3)18-4)10-5-6-11(14)12(15)7-10/h5-9,13,16H,1-4H3. The Kier molecular flexibility index (Phi) is 5.65. The first kappa shape index (κ1) is 15.0. The number of hydrogen-bond acceptors (Lipinski definition) is 3. The molecule has 102 valence electrons. The molecule has 0 saturated carbocycles. The number of hydrogen-bond donors (Lipinski definition) is 1. The number of methoxy groups -OCH3 is 2. The third-order valence-electron chi connectivity index (χ3n) is 2.83. The Balaban J connectivity index is 2.69. The minimum absolute atomic E-state index is 0.0804. The topological polar surface area (TPSA) is 30.5 Å². The lowest BCUT2D eigenvalue weighted by Crippen LogP contribution is -2.40. The third-order valence-corrected chi connectivity index (χ3v) is 2.83. The molecule has 2 unspecified atom stereocenters. The first-order valence-corrected chi connectivity index (χ1v) is 5.76. The zero-order valence-corrected chi connectivity index (χ0v) is 11.0. The van der Waals surface area contributed by atoms with E-state index >= 15 is 0 Å². The second-order valence-corrected chi connectivity index (χ2v) is 4.19. The summed E-state index contributed by atoms with van der Waals surface area (Å²) in [6.07, 6.45) is -0.391. The fourth-order valence-corrected chi connectivity index (χ4v) is 1.86. The molecular weight excluding hydrogens is 240 g/mol. The average molecular weight is 259 g/mol. The molecule has 0 fully saturated rings. The van der Waals surface area contributed by atoms with Crippen molar-refractivity contribution in [2.45, 2.75) is 32.2 Å². The first-order valence-electron chi connectivity index (χ1n) is 5.76. The van der Waals surface area contributed by atoms with Crippen LogP contribution in [0.25, 0.3) is 0 Å². The number of benzene rings is 1. The molecule has 1 aromatic rings. The van der Waals surface area contributed by atoms with E-state index in [0.717, 1.165) is 6.07 Å². The Bertz CT molecular complexity index is 383. The highest BCUT2D eigenvalue weighted by molar-refractivity contribution is 5.20. The van der Waals surface area contributed by atoms with Crippen LogP contribution in [0.5, 0.6) is 0 Å². The molecule has 0 spiro atoms. The van der Waals surface area contributed by atoms with Gasteiger partial charge < -0.3 is 14.8 Å². The highest BCUT2D eigenvalue weighted by Crippen LogP contribution is 2.17. The molecule has 0 aromatic heterocycles. The van der Waals surface area contributed by atoms with Gasteiger partial charge in [0, 0.05) is 20.3 Å². The number of halogens is 2. The monoisotopic (exact) mass is 259 g/mol. The number of nitrogens with one attached hydrogen (secondary N) is 1. The molecule has 1 rings (SSSR count). The van der Waals surface area contributed by atoms with Crippen molar-refractivity contribution >= 4 is 0 Å². The van der Waals surface area contributed by atoms with Gasteiger partial charge in [-0.1, -0.05) is 6.07 Å². The molecular formula is C13H19F2NO2. The average Bonchev–Trinajstić information content (AvgIpc) is 2.34. The second kappa shape index (κ2) is 6.78. The lowest BCUT2D eigenvalue weighted by molar-refractivity contribution is -0.120. The summed E-state index contributed by atoms with van der Waals surface area (Å²) in [6, 6.07) is 3.65. The van der Waals surface area contributed by atoms with Gasteiger partial charge in [-0.2, -0.15) is 0 Å². The van der Waals surface area contributed by atoms with Crippen LogP contribution < -0.4 is 5.32 Å². The van der Waals surface area contributed by atoms with Gasteiger partial charge in [0.1, 0.15) is 0 Å². The Labute approximate surface area is 106 Å². The lowest BCUT2D eigenvalue weighted by atomic mass is 10.1. The SMILES string of the molecule is COC(OC)C(C)NC(C)c1ccc(F)c(F)c1. The number of rotatable bonds is 6. The quantitative estimate of drug-likeness (QED) is 0.797. The van der Waals surface area contributed by atoms with Gasteiger partial charge in [-0.25, -0.2) is 8.78 Å². The van der Waals surface area contributed by atoms with E-state index < -0.39 is 17.9 Å². The maximum absolute atomic E-state index is 13.1. The Morgan fingerprint density at radius 3 is 2.17 bits per heavy atom. The Morgan fingerprint density at radius 1 is 1.06 bits per heavy atom. The van der Waals surface area contributed by atoms with Crippen molar-refractivity contribution in [1.29, 1.82) is 0 Å². The summed E-state index contributed by atoms with van der Waals surface area (Å²) in [6.45, 7) is 3.76. The van der Waals surface area contributed by atoms with Crippen molar-refractivity contribution in [2.75, 3.05) is 14.2 Å². The lowest BCUT2D eigenvalue weighted by Gasteiger charge is -2.26. The summed E-state index contributed by atoms with van der Waals surface area (Å²) in [4.78, 5) is 0. The minimum atomic E-state index is -0.844. The van der Waals surface area contributed by atoms with Gasteiger partial charge in [0.05, 0.1) is 6.04 Å². The van der Waals surface area contributed by atoms with Gasteiger partial charge in [-0.15, -0.1) is 0 Å². The predicted molar refractivity (Wildman–Crippen MR) is 65.2 cm³/mol. The molecule has 0 heterocycles. The molecule has 1 N–H and O–H groups in total. The van der Waals surface area contributed by atoms with Gasteiger partial charge in [0.25, 0.3) is 0 Å². The third kappa shape index (κ3) is 3.73. The summed E-state index contributed by atoms with van der Waals surface area (Å²) in [5.41, 5.74) is 0.673. The highest BCUT2D eigenvalue weighted by Gasteiger charge is 2.19. The van der Waals surface area contributed by atoms with E-state index in [2.05, 4.69) is 5.32 Å². The minimum Gasteiger partial charge on any atom is -0.354 e. The normalized spacial score (nSPS) is 14.8. The molecule has 0 aliphatic rings. The molecule has 0 bridgehead atoms. The van der Waals surface area contributed by atoms with Gasteiger partial charge in [-0.3, -0.25) is 0 Å². The van der Waals surface area contributed by atoms with Crippen LogP contribution in [-0.2, 0) is 9.47 Å². The van der Waals surface area contributed by atoms with Crippen LogP contribution in [0.2, 0.25) is 0 Å². The second-order valence-electron chi connectivity index (χ2n) is 4.19. The van der Waals surface area contributed by atoms with Crippen LogP contribution in [0.15, 0.2) is 18.2 Å². The largest absolute Gasteiger partial charge is 0.354 e. The zero-order chi connectivity index (χ0) is 13.7. The summed E-state index contributed by atoms with van der Waals surface area (Å²) in [7, 11) is 3.10. The van der Waals surface area contributed by atoms with Crippen molar-refractivity contribution in [3.8, 4) is 0 Å². The summed E-state index contributed by atoms with van der Waals surface area (Å²) >= 11 is 0. The summed E-state index contributed by atoms with van der Waals surface area (Å²) in [5.74, 6) is -1.69. The van der Waals surface area contributed by atoms with E-state index in [1.54, 1.807) is 20.3 Å². The molecule has 1 aromatic carbocycles. The van der Waals surface area contributed by atoms with E-state index in [0.29, 0.717) is 5.56 Å². The molecule has 18 heavy (non-hydrogen) atoms. The van der Waals surface area contributed by atoms with Crippen molar-refractivity contribution in [1.82, 2.24) is 5.32 Å². The van der Waals surface area contributed by atoms with Gasteiger partial charge in [0.2, 0.25) is 0 Å². The molecule has 2 atom stereocenters. The molecule has 0 aliphatic heterocycles. The molecule has 0 aliphatic carbocycles. The van der Waals surface area contributed by atoms with Gasteiger partial charge >= 0.3 is 0 Å². The van der Waals surface area contributed by atoms with E-state index in [4.69, 9.17) is 9.47 Å². The van der Waals surface area contributed by atoms with Crippen molar-refractivity contribution in [2.24, 2.45) is 0 Å². The van der Waals surface area contributed by atoms with Crippen molar-refractivity contribution in [3.63, 3.8) is 0 Å². The molecule has 5 heteroatoms. The first-order chi connectivity index (χ1) is 8.49. The molecule has 0 radical (unpaired) electrons. The van der Waals surface area contributed by atoms with Crippen LogP contribution in [-0.4, -0.2) is 26.6 Å². The smallest absolute Gasteiger partial charge is 0.171 e. The Hall–Kier alpha value is -1.04. The zero-order valence-electron chi connectivity index (χ0n) is 11.0. The predicted octanol–water partition coefficient (Wildman–Crippen LogP) is 2.62. The fourth-order valence-electron chi connectivity index (χ4n) is 1.86. The van der Waals surface area contributed by atoms with E-state index in [9.17, 15) is 8.78 Å². The summed E-state index contributed by atoms with van der Waals surface area (Å²) in [5, 5.41) is 3.21. The maximum Gasteiger partial charge on any atom is 0.171 e. The van der Waals surface area contributed by atoms with E-state index in [1.165, 1.54) is 6.07 Å². The van der Waals surface area contributed by atoms with Crippen molar-refractivity contribution < 1.29 is 18.3 Å². The van der Waals surface area contributed by atoms with Gasteiger partial charge in [0.15, 0.2) is 17.9 Å². The Morgan fingerprint density at radius 2 is 1.67 bits per heavy atom. The van der Waals surface area contributed by atoms with Gasteiger partial charge in [-0.05, 0) is 31.5 Å². The van der Waals surface area contributed by atoms with Crippen LogP contribution in [0.4, 0.5) is 8.78 Å².